The van der Waals surface area contributed by atoms with Crippen molar-refractivity contribution in [3.8, 4) is 0 Å². The summed E-state index contributed by atoms with van der Waals surface area (Å²) in [5, 5.41) is 6.25. The van der Waals surface area contributed by atoms with Crippen molar-refractivity contribution in [3.63, 3.8) is 0 Å². The van der Waals surface area contributed by atoms with Gasteiger partial charge in [0.25, 0.3) is 0 Å². The maximum atomic E-state index is 6.25. The third-order valence-corrected chi connectivity index (χ3v) is 0. The maximum Gasteiger partial charge on any atom is 0.187 e. The molecule has 0 amide bonds. The molecule has 0 rings (SSSR count). The molecule has 4 heteroatoms. The predicted octanol–water partition coefficient (Wildman–Crippen LogP) is -2.27. The SMILES string of the molecule is [AlH3].[AlH3].[C-]#N.[Ti]. The molecule has 0 aliphatic heterocycles. The Balaban J connectivity index is -0.00000000167. The summed E-state index contributed by atoms with van der Waals surface area (Å²) in [6.45, 7) is 4.75. The van der Waals surface area contributed by atoms with Crippen LogP contribution >= 0.6 is 0 Å². The van der Waals surface area contributed by atoms with Crippen molar-refractivity contribution in [2.45, 2.75) is 0 Å². The smallest absolute Gasteiger partial charge is 0.187 e. The van der Waals surface area contributed by atoms with Gasteiger partial charge in [-0.3, -0.25) is 0 Å². The summed E-state index contributed by atoms with van der Waals surface area (Å²) in [7, 11) is 0. The van der Waals surface area contributed by atoms with Crippen LogP contribution in [-0.4, -0.2) is 34.7 Å². The molecule has 0 unspecified atom stereocenters. The second-order valence-electron chi connectivity index (χ2n) is 0. The summed E-state index contributed by atoms with van der Waals surface area (Å²) in [6.07, 6.45) is 0. The molecule has 0 fully saturated rings. The molecular weight excluding hydrogens is 128 g/mol. The van der Waals surface area contributed by atoms with Crippen LogP contribution in [0.15, 0.2) is 0 Å². The fourth-order valence-corrected chi connectivity index (χ4v) is 0. The predicted molar refractivity (Wildman–Crippen MR) is 24.8 cm³/mol. The second-order valence-corrected chi connectivity index (χ2v) is 0. The molecule has 0 spiro atoms. The topological polar surface area (TPSA) is 23.8 Å². The van der Waals surface area contributed by atoms with Crippen molar-refractivity contribution < 1.29 is 21.7 Å². The monoisotopic (exact) mass is 134 g/mol. The minimum Gasteiger partial charge on any atom is -0.512 e. The van der Waals surface area contributed by atoms with Gasteiger partial charge < -0.3 is 11.8 Å². The first-order chi connectivity index (χ1) is 1.00. The van der Waals surface area contributed by atoms with Crippen molar-refractivity contribution in [2.24, 2.45) is 0 Å². The molecule has 0 bridgehead atoms. The second kappa shape index (κ2) is 59.6. The zero-order valence-corrected chi connectivity index (χ0v) is 3.01. The van der Waals surface area contributed by atoms with E-state index in [-0.39, 0.29) is 56.4 Å². The Morgan fingerprint density at radius 2 is 1.00 bits per heavy atom. The van der Waals surface area contributed by atoms with Gasteiger partial charge in [-0.15, -0.1) is 0 Å². The van der Waals surface area contributed by atoms with Gasteiger partial charge in [0.15, 0.2) is 34.7 Å². The molecule has 1 nitrogen and oxygen atoms in total. The van der Waals surface area contributed by atoms with Crippen LogP contribution in [-0.2, 0) is 21.7 Å². The quantitative estimate of drug-likeness (QED) is 0.270. The van der Waals surface area contributed by atoms with Crippen LogP contribution in [0, 0.1) is 11.8 Å². The molecule has 0 aromatic carbocycles. The Labute approximate surface area is 67.9 Å². The number of nitrogens with zero attached hydrogens (tertiary/aromatic N) is 1. The normalized spacial score (nSPS) is 0.400. The van der Waals surface area contributed by atoms with Gasteiger partial charge in [-0.1, -0.05) is 0 Å². The fourth-order valence-electron chi connectivity index (χ4n) is 0. The zero-order chi connectivity index (χ0) is 2.00. The van der Waals surface area contributed by atoms with Crippen molar-refractivity contribution >= 4 is 34.7 Å². The average molecular weight is 134 g/mol. The molecule has 0 aliphatic rings. The van der Waals surface area contributed by atoms with E-state index in [1.165, 1.54) is 0 Å². The Kier molecular flexibility index (Phi) is 403. The van der Waals surface area contributed by atoms with E-state index in [2.05, 4.69) is 0 Å². The van der Waals surface area contributed by atoms with Gasteiger partial charge in [0.1, 0.15) is 0 Å². The first kappa shape index (κ1) is 33.8. The van der Waals surface area contributed by atoms with E-state index >= 15 is 0 Å². The third-order valence-electron chi connectivity index (χ3n) is 0. The van der Waals surface area contributed by atoms with Crippen LogP contribution in [0.2, 0.25) is 0 Å². The summed E-state index contributed by atoms with van der Waals surface area (Å²) in [5.74, 6) is 0. The first-order valence-corrected chi connectivity index (χ1v) is 0.224. The molecule has 0 aliphatic carbocycles. The minimum absolute atomic E-state index is 0. The van der Waals surface area contributed by atoms with E-state index in [4.69, 9.17) is 11.8 Å². The van der Waals surface area contributed by atoms with Crippen LogP contribution in [0.4, 0.5) is 0 Å². The van der Waals surface area contributed by atoms with E-state index in [1.807, 2.05) is 0 Å². The average Bonchev–Trinajstić information content (AvgIpc) is 1.00. The van der Waals surface area contributed by atoms with Gasteiger partial charge in [0.2, 0.25) is 0 Å². The molecule has 0 radical (unpaired) electrons. The van der Waals surface area contributed by atoms with Gasteiger partial charge in [-0.25, -0.2) is 0 Å². The van der Waals surface area contributed by atoms with Crippen LogP contribution < -0.4 is 0 Å². The van der Waals surface area contributed by atoms with Crippen molar-refractivity contribution in [1.29, 1.82) is 5.26 Å². The maximum absolute atomic E-state index is 6.25. The van der Waals surface area contributed by atoms with Gasteiger partial charge >= 0.3 is 0 Å². The molecule has 0 aromatic rings. The molecule has 0 aromatic heterocycles. The molecule has 0 saturated heterocycles. The summed E-state index contributed by atoms with van der Waals surface area (Å²) < 4.78 is 0. The van der Waals surface area contributed by atoms with Gasteiger partial charge in [-0.05, 0) is 0 Å². The van der Waals surface area contributed by atoms with Crippen LogP contribution in [0.25, 0.3) is 0 Å². The molecular formula is CH6Al2NTi-. The Morgan fingerprint density at radius 3 is 1.00 bits per heavy atom. The largest absolute Gasteiger partial charge is 0.512 e. The van der Waals surface area contributed by atoms with Crippen LogP contribution in [0.1, 0.15) is 0 Å². The molecule has 0 N–H and O–H groups in total. The number of hydrogen-bond donors (Lipinski definition) is 0. The third kappa shape index (κ3) is 35.0. The summed E-state index contributed by atoms with van der Waals surface area (Å²) in [5.41, 5.74) is 0. The van der Waals surface area contributed by atoms with Crippen LogP contribution in [0.3, 0.4) is 0 Å². The van der Waals surface area contributed by atoms with Crippen molar-refractivity contribution in [2.75, 3.05) is 0 Å². The summed E-state index contributed by atoms with van der Waals surface area (Å²) in [4.78, 5) is 0. The standard InChI is InChI=1S/CN.2Al.Ti.6H/c1-2;;;;;;;;;/q-1;;;;;;;;;. The fraction of sp³-hybridized carbons (Fsp3) is 0. The molecule has 0 saturated carbocycles. The van der Waals surface area contributed by atoms with E-state index in [1.54, 1.807) is 0 Å². The van der Waals surface area contributed by atoms with E-state index in [9.17, 15) is 0 Å². The van der Waals surface area contributed by atoms with Crippen LogP contribution in [0.5, 0.6) is 0 Å². The number of rotatable bonds is 0. The number of hydrogen-bond acceptors (Lipinski definition) is 1. The molecule has 5 heavy (non-hydrogen) atoms. The van der Waals surface area contributed by atoms with Gasteiger partial charge in [0.05, 0.1) is 0 Å². The van der Waals surface area contributed by atoms with E-state index in [0.717, 1.165) is 0 Å². The minimum atomic E-state index is 0. The summed E-state index contributed by atoms with van der Waals surface area (Å²) >= 11 is 0. The molecule has 0 atom stereocenters. The van der Waals surface area contributed by atoms with Gasteiger partial charge in [0, 0.05) is 21.7 Å². The van der Waals surface area contributed by atoms with Crippen molar-refractivity contribution in [3.05, 3.63) is 6.57 Å². The van der Waals surface area contributed by atoms with E-state index in [0.29, 0.717) is 0 Å². The summed E-state index contributed by atoms with van der Waals surface area (Å²) in [6, 6.07) is 0. The Bertz CT molecular complexity index is 14.4. The van der Waals surface area contributed by atoms with Crippen molar-refractivity contribution in [1.82, 2.24) is 0 Å². The first-order valence-electron chi connectivity index (χ1n) is 0.224. The zero-order valence-electron chi connectivity index (χ0n) is 1.45. The molecule has 0 heterocycles. The Hall–Kier alpha value is 1.27. The van der Waals surface area contributed by atoms with Gasteiger partial charge in [-0.2, -0.15) is 0 Å². The Morgan fingerprint density at radius 1 is 1.00 bits per heavy atom. The van der Waals surface area contributed by atoms with E-state index < -0.39 is 0 Å². The molecule has 26 valence electrons.